The van der Waals surface area contributed by atoms with E-state index < -0.39 is 5.82 Å². The van der Waals surface area contributed by atoms with E-state index in [0.29, 0.717) is 13.2 Å². The van der Waals surface area contributed by atoms with E-state index in [1.54, 1.807) is 23.9 Å². The van der Waals surface area contributed by atoms with Crippen molar-refractivity contribution in [2.45, 2.75) is 20.0 Å². The Bertz CT molecular complexity index is 601. The first-order valence-electron chi connectivity index (χ1n) is 6.77. The third kappa shape index (κ3) is 4.27. The number of aromatic nitrogens is 2. The van der Waals surface area contributed by atoms with Crippen LogP contribution in [0.4, 0.5) is 4.39 Å². The lowest BCUT2D eigenvalue weighted by molar-refractivity contribution is 0.199. The van der Waals surface area contributed by atoms with Gasteiger partial charge in [-0.1, -0.05) is 23.7 Å². The van der Waals surface area contributed by atoms with Crippen LogP contribution in [0, 0.1) is 12.7 Å². The maximum absolute atomic E-state index is 13.4. The average Bonchev–Trinajstić information content (AvgIpc) is 2.80. The average molecular weight is 312 g/mol. The van der Waals surface area contributed by atoms with E-state index in [2.05, 4.69) is 10.4 Å². The van der Waals surface area contributed by atoms with E-state index in [-0.39, 0.29) is 5.02 Å². The molecule has 2 rings (SSSR count). The molecule has 0 aliphatic carbocycles. The Morgan fingerprint density at radius 2 is 2.19 bits per heavy atom. The highest BCUT2D eigenvalue weighted by molar-refractivity contribution is 6.31. The molecule has 0 aliphatic rings. The van der Waals surface area contributed by atoms with Gasteiger partial charge in [0.2, 0.25) is 0 Å². The number of nitrogens with one attached hydrogen (secondary N) is 1. The summed E-state index contributed by atoms with van der Waals surface area (Å²) in [6.07, 6.45) is 1.95. The number of rotatable bonds is 7. The molecule has 6 heteroatoms. The van der Waals surface area contributed by atoms with Crippen molar-refractivity contribution >= 4 is 11.6 Å². The van der Waals surface area contributed by atoms with Gasteiger partial charge in [-0.2, -0.15) is 5.10 Å². The zero-order valence-corrected chi connectivity index (χ0v) is 13.0. The number of hydrogen-bond acceptors (Lipinski definition) is 3. The molecule has 0 saturated carbocycles. The molecule has 1 heterocycles. The van der Waals surface area contributed by atoms with Gasteiger partial charge in [0, 0.05) is 32.0 Å². The van der Waals surface area contributed by atoms with Crippen LogP contribution < -0.4 is 5.32 Å². The largest absolute Gasteiger partial charge is 0.383 e. The van der Waals surface area contributed by atoms with Gasteiger partial charge in [0.1, 0.15) is 5.82 Å². The van der Waals surface area contributed by atoms with Crippen molar-refractivity contribution in [2.75, 3.05) is 20.3 Å². The normalized spacial score (nSPS) is 11.0. The molecule has 114 valence electrons. The molecule has 0 bridgehead atoms. The van der Waals surface area contributed by atoms with E-state index in [9.17, 15) is 4.39 Å². The van der Waals surface area contributed by atoms with Gasteiger partial charge in [0.05, 0.1) is 23.9 Å². The van der Waals surface area contributed by atoms with Gasteiger partial charge in [0.15, 0.2) is 0 Å². The van der Waals surface area contributed by atoms with Crippen LogP contribution in [0.1, 0.15) is 16.8 Å². The molecule has 4 nitrogen and oxygen atoms in total. The number of ether oxygens (including phenoxy) is 1. The van der Waals surface area contributed by atoms with Crippen molar-refractivity contribution < 1.29 is 9.13 Å². The van der Waals surface area contributed by atoms with Crippen LogP contribution in [0.25, 0.3) is 0 Å². The van der Waals surface area contributed by atoms with Crippen LogP contribution in [0.3, 0.4) is 0 Å². The summed E-state index contributed by atoms with van der Waals surface area (Å²) in [6.45, 7) is 4.60. The number of methoxy groups -OCH3 is 1. The lowest BCUT2D eigenvalue weighted by Gasteiger charge is -2.05. The summed E-state index contributed by atoms with van der Waals surface area (Å²) in [5, 5.41) is 7.87. The van der Waals surface area contributed by atoms with E-state index in [1.165, 1.54) is 6.07 Å². The van der Waals surface area contributed by atoms with Crippen LogP contribution in [0.15, 0.2) is 24.4 Å². The maximum Gasteiger partial charge on any atom is 0.142 e. The van der Waals surface area contributed by atoms with Gasteiger partial charge >= 0.3 is 0 Å². The minimum absolute atomic E-state index is 0.158. The van der Waals surface area contributed by atoms with Crippen molar-refractivity contribution in [1.29, 1.82) is 0 Å². The van der Waals surface area contributed by atoms with Gasteiger partial charge in [-0.3, -0.25) is 4.68 Å². The summed E-state index contributed by atoms with van der Waals surface area (Å²) < 4.78 is 20.2. The number of nitrogens with zero attached hydrogens (tertiary/aromatic N) is 2. The topological polar surface area (TPSA) is 39.1 Å². The summed E-state index contributed by atoms with van der Waals surface area (Å²) in [7, 11) is 1.67. The fourth-order valence-corrected chi connectivity index (χ4v) is 2.24. The quantitative estimate of drug-likeness (QED) is 0.799. The van der Waals surface area contributed by atoms with Crippen LogP contribution in [-0.4, -0.2) is 30.0 Å². The van der Waals surface area contributed by atoms with Crippen LogP contribution in [-0.2, 0) is 17.8 Å². The minimum atomic E-state index is -0.403. The molecule has 21 heavy (non-hydrogen) atoms. The number of halogens is 2. The summed E-state index contributed by atoms with van der Waals surface area (Å²) in [5.41, 5.74) is 2.78. The minimum Gasteiger partial charge on any atom is -0.383 e. The molecule has 1 aromatic heterocycles. The van der Waals surface area contributed by atoms with Crippen molar-refractivity contribution in [3.8, 4) is 0 Å². The molecule has 0 fully saturated rings. The molecule has 0 unspecified atom stereocenters. The predicted octanol–water partition coefficient (Wildman–Crippen LogP) is 2.77. The van der Waals surface area contributed by atoms with Gasteiger partial charge in [-0.05, 0) is 18.6 Å². The van der Waals surface area contributed by atoms with E-state index >= 15 is 0 Å². The van der Waals surface area contributed by atoms with Gasteiger partial charge < -0.3 is 10.1 Å². The maximum atomic E-state index is 13.4. The first-order chi connectivity index (χ1) is 10.1. The third-order valence-electron chi connectivity index (χ3n) is 3.21. The Hall–Kier alpha value is -1.43. The lowest BCUT2D eigenvalue weighted by atomic mass is 10.2. The first kappa shape index (κ1) is 15.9. The second kappa shape index (κ2) is 7.54. The molecular formula is C15H19ClFN3O. The van der Waals surface area contributed by atoms with E-state index in [1.807, 2.05) is 13.1 Å². The standard InChI is InChI=1S/C15H19ClFN3O/c1-11-13(8-18-6-7-21-2)10-20(19-11)9-12-4-3-5-14(17)15(12)16/h3-5,10,18H,6-9H2,1-2H3. The monoisotopic (exact) mass is 311 g/mol. The summed E-state index contributed by atoms with van der Waals surface area (Å²) >= 11 is 5.97. The number of benzene rings is 1. The van der Waals surface area contributed by atoms with E-state index in [0.717, 1.165) is 29.9 Å². The molecule has 1 N–H and O–H groups in total. The Kier molecular flexibility index (Phi) is 5.73. The Morgan fingerprint density at radius 3 is 2.95 bits per heavy atom. The fraction of sp³-hybridized carbons (Fsp3) is 0.400. The second-order valence-electron chi connectivity index (χ2n) is 4.82. The Labute approximate surface area is 128 Å². The zero-order chi connectivity index (χ0) is 15.2. The third-order valence-corrected chi connectivity index (χ3v) is 3.63. The predicted molar refractivity (Wildman–Crippen MR) is 81.1 cm³/mol. The molecule has 0 aliphatic heterocycles. The molecule has 0 atom stereocenters. The number of aryl methyl sites for hydroxylation is 1. The second-order valence-corrected chi connectivity index (χ2v) is 5.20. The van der Waals surface area contributed by atoms with Crippen molar-refractivity contribution in [3.63, 3.8) is 0 Å². The Morgan fingerprint density at radius 1 is 1.38 bits per heavy atom. The van der Waals surface area contributed by atoms with Gasteiger partial charge in [0.25, 0.3) is 0 Å². The van der Waals surface area contributed by atoms with Crippen LogP contribution in [0.2, 0.25) is 5.02 Å². The SMILES string of the molecule is COCCNCc1cn(Cc2cccc(F)c2Cl)nc1C. The van der Waals surface area contributed by atoms with Gasteiger partial charge in [-0.15, -0.1) is 0 Å². The lowest BCUT2D eigenvalue weighted by Crippen LogP contribution is -2.18. The Balaban J connectivity index is 2.03. The highest BCUT2D eigenvalue weighted by Gasteiger charge is 2.09. The molecule has 0 spiro atoms. The van der Waals surface area contributed by atoms with Gasteiger partial charge in [-0.25, -0.2) is 4.39 Å². The molecule has 1 aromatic carbocycles. The zero-order valence-electron chi connectivity index (χ0n) is 12.2. The van der Waals surface area contributed by atoms with Crippen molar-refractivity contribution in [3.05, 3.63) is 52.1 Å². The van der Waals surface area contributed by atoms with Crippen molar-refractivity contribution in [2.24, 2.45) is 0 Å². The molecule has 0 radical (unpaired) electrons. The van der Waals surface area contributed by atoms with E-state index in [4.69, 9.17) is 16.3 Å². The first-order valence-corrected chi connectivity index (χ1v) is 7.15. The highest BCUT2D eigenvalue weighted by atomic mass is 35.5. The highest BCUT2D eigenvalue weighted by Crippen LogP contribution is 2.20. The molecule has 0 saturated heterocycles. The van der Waals surface area contributed by atoms with Crippen LogP contribution >= 0.6 is 11.6 Å². The molecule has 0 amide bonds. The molecular weight excluding hydrogens is 293 g/mol. The smallest absolute Gasteiger partial charge is 0.142 e. The van der Waals surface area contributed by atoms with Crippen molar-refractivity contribution in [1.82, 2.24) is 15.1 Å². The molecule has 2 aromatic rings. The fourth-order valence-electron chi connectivity index (χ4n) is 2.06. The summed E-state index contributed by atoms with van der Waals surface area (Å²) in [5.74, 6) is -0.403. The summed E-state index contributed by atoms with van der Waals surface area (Å²) in [6, 6.07) is 4.81. The summed E-state index contributed by atoms with van der Waals surface area (Å²) in [4.78, 5) is 0. The van der Waals surface area contributed by atoms with Crippen LogP contribution in [0.5, 0.6) is 0 Å². The number of hydrogen-bond donors (Lipinski definition) is 1.